The molecule has 0 fully saturated rings. The van der Waals surface area contributed by atoms with Crippen LogP contribution in [0.2, 0.25) is 0 Å². The number of nitrogens with zero attached hydrogens (tertiary/aromatic N) is 1. The molecule has 1 aliphatic rings. The summed E-state index contributed by atoms with van der Waals surface area (Å²) in [5, 5.41) is 14.2. The Balaban J connectivity index is 2.12. The smallest absolute Gasteiger partial charge is 0.319 e. The number of carbonyl (C=O) groups is 3. The molecule has 0 saturated heterocycles. The standard InChI is InChI=1S/C16H21N3O4/c1-9(2)8-19-14(21)12-5-4-11(6-13(12)15(19)22)18-16(23)17-7-10(3)20/h4-6,9-10,20H,7-8H2,1-3H3,(H2,17,18,23). The summed E-state index contributed by atoms with van der Waals surface area (Å²) in [7, 11) is 0. The average Bonchev–Trinajstić information content (AvgIpc) is 2.70. The predicted octanol–water partition coefficient (Wildman–Crippen LogP) is 1.44. The van der Waals surface area contributed by atoms with E-state index in [4.69, 9.17) is 5.11 Å². The number of rotatable bonds is 5. The average molecular weight is 319 g/mol. The third-order valence-electron chi connectivity index (χ3n) is 3.33. The summed E-state index contributed by atoms with van der Waals surface area (Å²) in [6.07, 6.45) is -0.649. The molecule has 3 N–H and O–H groups in total. The van der Waals surface area contributed by atoms with Crippen molar-refractivity contribution in [3.63, 3.8) is 0 Å². The summed E-state index contributed by atoms with van der Waals surface area (Å²) in [5.41, 5.74) is 1.06. The van der Waals surface area contributed by atoms with E-state index in [1.54, 1.807) is 19.1 Å². The molecule has 1 aromatic rings. The van der Waals surface area contributed by atoms with E-state index in [1.165, 1.54) is 11.0 Å². The Morgan fingerprint density at radius 3 is 2.43 bits per heavy atom. The van der Waals surface area contributed by atoms with E-state index < -0.39 is 12.1 Å². The Morgan fingerprint density at radius 1 is 1.17 bits per heavy atom. The molecule has 1 unspecified atom stereocenters. The number of carbonyl (C=O) groups excluding carboxylic acids is 3. The van der Waals surface area contributed by atoms with Gasteiger partial charge in [-0.25, -0.2) is 4.79 Å². The van der Waals surface area contributed by atoms with Gasteiger partial charge in [-0.2, -0.15) is 0 Å². The van der Waals surface area contributed by atoms with E-state index in [9.17, 15) is 14.4 Å². The lowest BCUT2D eigenvalue weighted by molar-refractivity contribution is 0.0636. The molecular weight excluding hydrogens is 298 g/mol. The number of benzene rings is 1. The number of anilines is 1. The van der Waals surface area contributed by atoms with Crippen LogP contribution < -0.4 is 10.6 Å². The molecule has 0 spiro atoms. The quantitative estimate of drug-likeness (QED) is 0.715. The zero-order chi connectivity index (χ0) is 17.1. The first-order valence-corrected chi connectivity index (χ1v) is 7.52. The molecule has 7 heteroatoms. The molecule has 1 heterocycles. The van der Waals surface area contributed by atoms with E-state index in [0.717, 1.165) is 0 Å². The Labute approximate surface area is 134 Å². The Hall–Kier alpha value is -2.41. The summed E-state index contributed by atoms with van der Waals surface area (Å²) in [5.74, 6) is -0.461. The van der Waals surface area contributed by atoms with Crippen LogP contribution in [0.1, 0.15) is 41.5 Å². The van der Waals surface area contributed by atoms with Crippen molar-refractivity contribution >= 4 is 23.5 Å². The Bertz CT molecular complexity index is 640. The highest BCUT2D eigenvalue weighted by Gasteiger charge is 2.35. The first-order chi connectivity index (χ1) is 10.8. The van der Waals surface area contributed by atoms with Gasteiger partial charge >= 0.3 is 6.03 Å². The largest absolute Gasteiger partial charge is 0.392 e. The van der Waals surface area contributed by atoms with Crippen molar-refractivity contribution in [3.05, 3.63) is 29.3 Å². The first kappa shape index (κ1) is 17.0. The highest BCUT2D eigenvalue weighted by atomic mass is 16.3. The van der Waals surface area contributed by atoms with Crippen LogP contribution in [0, 0.1) is 5.92 Å². The van der Waals surface area contributed by atoms with Crippen LogP contribution in [0.15, 0.2) is 18.2 Å². The van der Waals surface area contributed by atoms with Gasteiger partial charge in [-0.1, -0.05) is 13.8 Å². The Kier molecular flexibility index (Phi) is 5.00. The minimum atomic E-state index is -0.649. The minimum absolute atomic E-state index is 0.121. The fraction of sp³-hybridized carbons (Fsp3) is 0.438. The monoisotopic (exact) mass is 319 g/mol. The number of amides is 4. The normalized spacial score (nSPS) is 14.9. The second-order valence-electron chi connectivity index (χ2n) is 6.06. The van der Waals surface area contributed by atoms with Crippen molar-refractivity contribution in [2.24, 2.45) is 5.92 Å². The predicted molar refractivity (Wildman–Crippen MR) is 85.3 cm³/mol. The van der Waals surface area contributed by atoms with Gasteiger partial charge in [-0.05, 0) is 31.0 Å². The summed E-state index contributed by atoms with van der Waals surface area (Å²) >= 11 is 0. The molecule has 0 saturated carbocycles. The number of fused-ring (bicyclic) bond motifs is 1. The molecule has 1 atom stereocenters. The van der Waals surface area contributed by atoms with Crippen LogP contribution in [0.5, 0.6) is 0 Å². The van der Waals surface area contributed by atoms with Crippen LogP contribution in [0.25, 0.3) is 0 Å². The second-order valence-corrected chi connectivity index (χ2v) is 6.06. The van der Waals surface area contributed by atoms with Crippen molar-refractivity contribution in [1.29, 1.82) is 0 Å². The van der Waals surface area contributed by atoms with Crippen LogP contribution >= 0.6 is 0 Å². The SMILES string of the molecule is CC(C)CN1C(=O)c2ccc(NC(=O)NCC(C)O)cc2C1=O. The van der Waals surface area contributed by atoms with E-state index in [2.05, 4.69) is 10.6 Å². The van der Waals surface area contributed by atoms with E-state index >= 15 is 0 Å². The van der Waals surface area contributed by atoms with Gasteiger partial charge in [-0.3, -0.25) is 14.5 Å². The molecule has 1 aromatic carbocycles. The highest BCUT2D eigenvalue weighted by Crippen LogP contribution is 2.26. The molecule has 124 valence electrons. The van der Waals surface area contributed by atoms with Gasteiger partial charge in [0.1, 0.15) is 0 Å². The second kappa shape index (κ2) is 6.78. The molecular formula is C16H21N3O4. The number of urea groups is 1. The summed E-state index contributed by atoms with van der Waals surface area (Å²) in [6.45, 7) is 5.91. The summed E-state index contributed by atoms with van der Waals surface area (Å²) < 4.78 is 0. The van der Waals surface area contributed by atoms with Gasteiger partial charge in [0, 0.05) is 18.8 Å². The molecule has 23 heavy (non-hydrogen) atoms. The number of imide groups is 1. The van der Waals surface area contributed by atoms with Crippen molar-refractivity contribution in [2.75, 3.05) is 18.4 Å². The van der Waals surface area contributed by atoms with Gasteiger partial charge < -0.3 is 15.7 Å². The van der Waals surface area contributed by atoms with Crippen molar-refractivity contribution in [1.82, 2.24) is 10.2 Å². The molecule has 0 aliphatic carbocycles. The van der Waals surface area contributed by atoms with E-state index in [1.807, 2.05) is 13.8 Å². The Morgan fingerprint density at radius 2 is 1.83 bits per heavy atom. The first-order valence-electron chi connectivity index (χ1n) is 7.52. The summed E-state index contributed by atoms with van der Waals surface area (Å²) in [6, 6.07) is 4.13. The van der Waals surface area contributed by atoms with E-state index in [0.29, 0.717) is 23.4 Å². The highest BCUT2D eigenvalue weighted by molar-refractivity contribution is 6.21. The van der Waals surface area contributed by atoms with Gasteiger partial charge in [0.15, 0.2) is 0 Å². The molecule has 2 rings (SSSR count). The van der Waals surface area contributed by atoms with Crippen LogP contribution in [-0.2, 0) is 0 Å². The molecule has 1 aliphatic heterocycles. The zero-order valence-corrected chi connectivity index (χ0v) is 13.4. The summed E-state index contributed by atoms with van der Waals surface area (Å²) in [4.78, 5) is 37.5. The number of aliphatic hydroxyl groups is 1. The maximum Gasteiger partial charge on any atom is 0.319 e. The third kappa shape index (κ3) is 3.87. The van der Waals surface area contributed by atoms with Crippen molar-refractivity contribution < 1.29 is 19.5 Å². The van der Waals surface area contributed by atoms with E-state index in [-0.39, 0.29) is 24.3 Å². The zero-order valence-electron chi connectivity index (χ0n) is 13.4. The molecule has 0 bridgehead atoms. The van der Waals surface area contributed by atoms with Gasteiger partial charge in [0.05, 0.1) is 17.2 Å². The topological polar surface area (TPSA) is 98.7 Å². The van der Waals surface area contributed by atoms with Crippen molar-refractivity contribution in [2.45, 2.75) is 26.9 Å². The van der Waals surface area contributed by atoms with Gasteiger partial charge in [0.2, 0.25) is 0 Å². The number of hydrogen-bond acceptors (Lipinski definition) is 4. The minimum Gasteiger partial charge on any atom is -0.392 e. The third-order valence-corrected chi connectivity index (χ3v) is 3.33. The lowest BCUT2D eigenvalue weighted by Crippen LogP contribution is -2.34. The fourth-order valence-corrected chi connectivity index (χ4v) is 2.32. The molecule has 0 radical (unpaired) electrons. The lowest BCUT2D eigenvalue weighted by Gasteiger charge is -2.15. The van der Waals surface area contributed by atoms with Gasteiger partial charge in [0.25, 0.3) is 11.8 Å². The number of hydrogen-bond donors (Lipinski definition) is 3. The van der Waals surface area contributed by atoms with Gasteiger partial charge in [-0.15, -0.1) is 0 Å². The molecule has 4 amide bonds. The molecule has 7 nitrogen and oxygen atoms in total. The van der Waals surface area contributed by atoms with Crippen LogP contribution in [-0.4, -0.2) is 47.0 Å². The maximum atomic E-state index is 12.3. The number of nitrogens with one attached hydrogen (secondary N) is 2. The maximum absolute atomic E-state index is 12.3. The van der Waals surface area contributed by atoms with Crippen molar-refractivity contribution in [3.8, 4) is 0 Å². The molecule has 0 aromatic heterocycles. The van der Waals surface area contributed by atoms with Crippen LogP contribution in [0.4, 0.5) is 10.5 Å². The van der Waals surface area contributed by atoms with Crippen LogP contribution in [0.3, 0.4) is 0 Å². The lowest BCUT2D eigenvalue weighted by atomic mass is 10.1. The number of aliphatic hydroxyl groups excluding tert-OH is 1. The fourth-order valence-electron chi connectivity index (χ4n) is 2.32.